The Bertz CT molecular complexity index is 811. The highest BCUT2D eigenvalue weighted by atomic mass is 16.4. The summed E-state index contributed by atoms with van der Waals surface area (Å²) >= 11 is 0. The van der Waals surface area contributed by atoms with Gasteiger partial charge in [-0.2, -0.15) is 0 Å². The molecular formula is C20H28N2O2. The van der Waals surface area contributed by atoms with Crippen LogP contribution in [0.15, 0.2) is 12.1 Å². The maximum absolute atomic E-state index is 11.3. The van der Waals surface area contributed by atoms with Gasteiger partial charge in [0.15, 0.2) is 0 Å². The number of benzene rings is 1. The van der Waals surface area contributed by atoms with Gasteiger partial charge in [0, 0.05) is 42.3 Å². The average Bonchev–Trinajstić information content (AvgIpc) is 3.00. The van der Waals surface area contributed by atoms with E-state index in [9.17, 15) is 9.90 Å². The Labute approximate surface area is 144 Å². The van der Waals surface area contributed by atoms with Gasteiger partial charge in [0.2, 0.25) is 0 Å². The van der Waals surface area contributed by atoms with Crippen molar-refractivity contribution in [3.63, 3.8) is 0 Å². The summed E-state index contributed by atoms with van der Waals surface area (Å²) in [5, 5.41) is 10.5. The molecule has 4 nitrogen and oxygen atoms in total. The van der Waals surface area contributed by atoms with Gasteiger partial charge >= 0.3 is 5.97 Å². The molecule has 0 amide bonds. The third kappa shape index (κ3) is 2.73. The molecule has 1 aromatic heterocycles. The molecule has 0 saturated carbocycles. The Morgan fingerprint density at radius 3 is 2.38 bits per heavy atom. The molecule has 1 aromatic carbocycles. The number of nitrogens with zero attached hydrogens (tertiary/aromatic N) is 2. The molecule has 130 valence electrons. The lowest BCUT2D eigenvalue weighted by molar-refractivity contribution is -0.141. The lowest BCUT2D eigenvalue weighted by Crippen LogP contribution is -2.36. The van der Waals surface area contributed by atoms with E-state index in [0.717, 1.165) is 13.1 Å². The zero-order chi connectivity index (χ0) is 17.8. The number of fused-ring (bicyclic) bond motifs is 2. The molecule has 1 N–H and O–H groups in total. The summed E-state index contributed by atoms with van der Waals surface area (Å²) < 4.78 is 2.21. The van der Waals surface area contributed by atoms with E-state index in [1.54, 1.807) is 6.92 Å². The van der Waals surface area contributed by atoms with Crippen molar-refractivity contribution in [2.24, 2.45) is 13.0 Å². The largest absolute Gasteiger partial charge is 0.481 e. The Hall–Kier alpha value is -1.81. The fourth-order valence-corrected chi connectivity index (χ4v) is 3.66. The normalized spacial score (nSPS) is 16.6. The molecule has 0 radical (unpaired) electrons. The highest BCUT2D eigenvalue weighted by Gasteiger charge is 2.29. The van der Waals surface area contributed by atoms with Crippen LogP contribution in [0.25, 0.3) is 10.9 Å². The average molecular weight is 328 g/mol. The second-order valence-corrected chi connectivity index (χ2v) is 8.23. The van der Waals surface area contributed by atoms with Crippen LogP contribution in [0.5, 0.6) is 0 Å². The molecule has 1 aliphatic rings. The van der Waals surface area contributed by atoms with Gasteiger partial charge in [-0.25, -0.2) is 0 Å². The quantitative estimate of drug-likeness (QED) is 0.930. The lowest BCUT2D eigenvalue weighted by atomic mass is 9.97. The molecule has 0 bridgehead atoms. The molecule has 24 heavy (non-hydrogen) atoms. The highest BCUT2D eigenvalue weighted by Crippen LogP contribution is 2.35. The van der Waals surface area contributed by atoms with Gasteiger partial charge in [-0.3, -0.25) is 9.69 Å². The molecule has 2 heterocycles. The van der Waals surface area contributed by atoms with Crippen LogP contribution < -0.4 is 0 Å². The van der Waals surface area contributed by atoms with Gasteiger partial charge in [0.1, 0.15) is 0 Å². The van der Waals surface area contributed by atoms with Crippen molar-refractivity contribution in [3.8, 4) is 0 Å². The van der Waals surface area contributed by atoms with Crippen LogP contribution >= 0.6 is 0 Å². The number of aromatic nitrogens is 1. The monoisotopic (exact) mass is 328 g/mol. The summed E-state index contributed by atoms with van der Waals surface area (Å²) in [6, 6.07) is 4.60. The molecule has 0 fully saturated rings. The first-order valence-electron chi connectivity index (χ1n) is 8.67. The van der Waals surface area contributed by atoms with Crippen LogP contribution in [0.2, 0.25) is 0 Å². The van der Waals surface area contributed by atoms with Crippen molar-refractivity contribution in [3.05, 3.63) is 34.5 Å². The minimum absolute atomic E-state index is 0.155. The minimum atomic E-state index is -0.730. The zero-order valence-corrected chi connectivity index (χ0v) is 15.6. The third-order valence-corrected chi connectivity index (χ3v) is 5.55. The van der Waals surface area contributed by atoms with E-state index < -0.39 is 5.97 Å². The Morgan fingerprint density at radius 1 is 1.25 bits per heavy atom. The summed E-state index contributed by atoms with van der Waals surface area (Å²) in [6.45, 7) is 12.6. The topological polar surface area (TPSA) is 45.5 Å². The number of aliphatic carboxylic acids is 1. The maximum Gasteiger partial charge on any atom is 0.306 e. The molecule has 2 aromatic rings. The molecule has 0 spiro atoms. The molecule has 0 aliphatic carbocycles. The number of aryl methyl sites for hydroxylation is 1. The first-order chi connectivity index (χ1) is 11.1. The van der Waals surface area contributed by atoms with E-state index in [4.69, 9.17) is 0 Å². The van der Waals surface area contributed by atoms with Crippen molar-refractivity contribution in [1.29, 1.82) is 0 Å². The van der Waals surface area contributed by atoms with E-state index in [-0.39, 0.29) is 11.5 Å². The van der Waals surface area contributed by atoms with Crippen LogP contribution in [0.4, 0.5) is 0 Å². The van der Waals surface area contributed by atoms with Gasteiger partial charge in [-0.15, -0.1) is 0 Å². The van der Waals surface area contributed by atoms with E-state index >= 15 is 0 Å². The number of hydrogen-bond donors (Lipinski definition) is 1. The fraction of sp³-hybridized carbons (Fsp3) is 0.550. The van der Waals surface area contributed by atoms with Crippen molar-refractivity contribution in [1.82, 2.24) is 9.47 Å². The van der Waals surface area contributed by atoms with Crippen LogP contribution in [0, 0.1) is 12.8 Å². The summed E-state index contributed by atoms with van der Waals surface area (Å²) in [6.07, 6.45) is 0.584. The van der Waals surface area contributed by atoms with Gasteiger partial charge in [0.25, 0.3) is 0 Å². The second kappa shape index (κ2) is 5.62. The zero-order valence-electron chi connectivity index (χ0n) is 15.6. The van der Waals surface area contributed by atoms with Crippen LogP contribution in [-0.4, -0.2) is 26.1 Å². The SMILES string of the molecule is Cc1c(CC(C)C(=O)O)c2cc3c(cc2n1C)CN(C(C)(C)C)C3. The standard InChI is InChI=1S/C20H28N2O2/c1-12(19(23)24)7-16-13(2)21(6)18-9-15-11-22(20(3,4)5)10-14(15)8-17(16)18/h8-9,12H,7,10-11H2,1-6H3,(H,23,24). The number of rotatable bonds is 3. The number of carboxylic acid groups (broad SMARTS) is 1. The first-order valence-corrected chi connectivity index (χ1v) is 8.67. The van der Waals surface area contributed by atoms with Gasteiger partial charge < -0.3 is 9.67 Å². The van der Waals surface area contributed by atoms with Gasteiger partial charge in [-0.05, 0) is 62.9 Å². The number of carbonyl (C=O) groups is 1. The van der Waals surface area contributed by atoms with Gasteiger partial charge in [-0.1, -0.05) is 6.92 Å². The van der Waals surface area contributed by atoms with Crippen molar-refractivity contribution < 1.29 is 9.90 Å². The summed E-state index contributed by atoms with van der Waals surface area (Å²) in [5.41, 5.74) is 6.51. The fourth-order valence-electron chi connectivity index (χ4n) is 3.66. The van der Waals surface area contributed by atoms with Crippen molar-refractivity contribution in [2.45, 2.75) is 59.7 Å². The molecule has 4 heteroatoms. The molecule has 0 saturated heterocycles. The van der Waals surface area contributed by atoms with Crippen LogP contribution in [-0.2, 0) is 31.4 Å². The summed E-state index contributed by atoms with van der Waals surface area (Å²) in [7, 11) is 2.08. The Morgan fingerprint density at radius 2 is 1.83 bits per heavy atom. The maximum atomic E-state index is 11.3. The predicted molar refractivity (Wildman–Crippen MR) is 97.2 cm³/mol. The van der Waals surface area contributed by atoms with Crippen LogP contribution in [0.1, 0.15) is 50.1 Å². The smallest absolute Gasteiger partial charge is 0.306 e. The second-order valence-electron chi connectivity index (χ2n) is 8.23. The Balaban J connectivity index is 2.07. The van der Waals surface area contributed by atoms with Crippen LogP contribution in [0.3, 0.4) is 0 Å². The molecule has 1 atom stereocenters. The number of carboxylic acids is 1. The Kier molecular flexibility index (Phi) is 3.99. The van der Waals surface area contributed by atoms with Crippen molar-refractivity contribution >= 4 is 16.9 Å². The molecular weight excluding hydrogens is 300 g/mol. The molecule has 3 rings (SSSR count). The van der Waals surface area contributed by atoms with E-state index in [1.807, 2.05) is 0 Å². The highest BCUT2D eigenvalue weighted by molar-refractivity contribution is 5.88. The van der Waals surface area contributed by atoms with E-state index in [0.29, 0.717) is 6.42 Å². The minimum Gasteiger partial charge on any atom is -0.481 e. The lowest BCUT2D eigenvalue weighted by Gasteiger charge is -2.31. The first kappa shape index (κ1) is 17.0. The predicted octanol–water partition coefficient (Wildman–Crippen LogP) is 3.86. The number of hydrogen-bond acceptors (Lipinski definition) is 2. The third-order valence-electron chi connectivity index (χ3n) is 5.55. The molecule has 1 aliphatic heterocycles. The van der Waals surface area contributed by atoms with E-state index in [1.165, 1.54) is 33.3 Å². The van der Waals surface area contributed by atoms with E-state index in [2.05, 4.69) is 56.3 Å². The summed E-state index contributed by atoms with van der Waals surface area (Å²) in [4.78, 5) is 13.8. The van der Waals surface area contributed by atoms with Crippen molar-refractivity contribution in [2.75, 3.05) is 0 Å². The van der Waals surface area contributed by atoms with Gasteiger partial charge in [0.05, 0.1) is 5.92 Å². The summed E-state index contributed by atoms with van der Waals surface area (Å²) in [5.74, 6) is -1.10. The molecule has 1 unspecified atom stereocenters.